The Bertz CT molecular complexity index is 668. The Morgan fingerprint density at radius 1 is 1.20 bits per heavy atom. The van der Waals surface area contributed by atoms with E-state index in [1.807, 2.05) is 6.07 Å². The molecule has 1 aromatic heterocycles. The molecule has 0 saturated carbocycles. The normalized spacial score (nSPS) is 11.4. The van der Waals surface area contributed by atoms with Crippen molar-refractivity contribution in [1.29, 1.82) is 5.26 Å². The number of amides is 1. The van der Waals surface area contributed by atoms with Gasteiger partial charge < -0.3 is 9.88 Å². The summed E-state index contributed by atoms with van der Waals surface area (Å²) in [5.41, 5.74) is 0.886. The standard InChI is InChI=1S/C15H13N3O2/c1-18-9-5-8-13(18)14(19)12(10-16)15(20)17-11-6-3-2-4-7-11/h2-9,12H,1H3,(H,17,20)/t12-/m1/s1. The molecule has 1 heterocycles. The summed E-state index contributed by atoms with van der Waals surface area (Å²) >= 11 is 0. The fraction of sp³-hybridized carbons (Fsp3) is 0.133. The van der Waals surface area contributed by atoms with Gasteiger partial charge in [0.2, 0.25) is 11.7 Å². The summed E-state index contributed by atoms with van der Waals surface area (Å²) in [4.78, 5) is 24.2. The van der Waals surface area contributed by atoms with E-state index < -0.39 is 17.6 Å². The molecule has 1 atom stereocenters. The molecule has 1 N–H and O–H groups in total. The highest BCUT2D eigenvalue weighted by atomic mass is 16.2. The fourth-order valence-electron chi connectivity index (χ4n) is 1.84. The molecule has 20 heavy (non-hydrogen) atoms. The first-order valence-corrected chi connectivity index (χ1v) is 6.04. The lowest BCUT2D eigenvalue weighted by atomic mass is 10.0. The zero-order valence-corrected chi connectivity index (χ0v) is 10.9. The van der Waals surface area contributed by atoms with Crippen LogP contribution in [0.4, 0.5) is 5.69 Å². The maximum Gasteiger partial charge on any atom is 0.249 e. The highest BCUT2D eigenvalue weighted by molar-refractivity contribution is 6.15. The van der Waals surface area contributed by atoms with Gasteiger partial charge in [-0.2, -0.15) is 5.26 Å². The summed E-state index contributed by atoms with van der Waals surface area (Å²) in [6, 6.07) is 13.8. The number of benzene rings is 1. The molecular formula is C15H13N3O2. The van der Waals surface area contributed by atoms with Crippen LogP contribution in [-0.2, 0) is 11.8 Å². The summed E-state index contributed by atoms with van der Waals surface area (Å²) in [5.74, 6) is -2.48. The van der Waals surface area contributed by atoms with Crippen molar-refractivity contribution in [2.75, 3.05) is 5.32 Å². The van der Waals surface area contributed by atoms with Gasteiger partial charge >= 0.3 is 0 Å². The molecule has 1 amide bonds. The van der Waals surface area contributed by atoms with Crippen molar-refractivity contribution in [2.24, 2.45) is 13.0 Å². The van der Waals surface area contributed by atoms with Gasteiger partial charge in [0, 0.05) is 18.9 Å². The van der Waals surface area contributed by atoms with Gasteiger partial charge in [0.25, 0.3) is 0 Å². The van der Waals surface area contributed by atoms with Gasteiger partial charge in [-0.25, -0.2) is 0 Å². The maximum absolute atomic E-state index is 12.2. The van der Waals surface area contributed by atoms with Crippen molar-refractivity contribution >= 4 is 17.4 Å². The van der Waals surface area contributed by atoms with Crippen molar-refractivity contribution in [3.8, 4) is 6.07 Å². The predicted octanol–water partition coefficient (Wildman–Crippen LogP) is 1.99. The van der Waals surface area contributed by atoms with Crippen molar-refractivity contribution in [3.05, 3.63) is 54.4 Å². The van der Waals surface area contributed by atoms with Crippen molar-refractivity contribution in [3.63, 3.8) is 0 Å². The van der Waals surface area contributed by atoms with Gasteiger partial charge in [0.15, 0.2) is 5.92 Å². The SMILES string of the molecule is Cn1cccc1C(=O)[C@@H](C#N)C(=O)Nc1ccccc1. The maximum atomic E-state index is 12.2. The van der Waals surface area contributed by atoms with E-state index in [0.717, 1.165) is 0 Å². The van der Waals surface area contributed by atoms with Crippen molar-refractivity contribution < 1.29 is 9.59 Å². The molecule has 0 aliphatic rings. The zero-order chi connectivity index (χ0) is 14.5. The number of anilines is 1. The smallest absolute Gasteiger partial charge is 0.249 e. The first-order chi connectivity index (χ1) is 9.63. The van der Waals surface area contributed by atoms with E-state index in [-0.39, 0.29) is 0 Å². The number of nitrogens with zero attached hydrogens (tertiary/aromatic N) is 2. The molecule has 0 radical (unpaired) electrons. The Balaban J connectivity index is 2.17. The zero-order valence-electron chi connectivity index (χ0n) is 10.9. The highest BCUT2D eigenvalue weighted by Gasteiger charge is 2.28. The summed E-state index contributed by atoms with van der Waals surface area (Å²) in [7, 11) is 1.69. The third-order valence-electron chi connectivity index (χ3n) is 2.89. The number of carbonyl (C=O) groups is 2. The lowest BCUT2D eigenvalue weighted by molar-refractivity contribution is -0.117. The van der Waals surface area contributed by atoms with E-state index >= 15 is 0 Å². The molecule has 0 aliphatic heterocycles. The molecule has 0 saturated heterocycles. The molecular weight excluding hydrogens is 254 g/mol. The van der Waals surface area contributed by atoms with Gasteiger partial charge in [-0.1, -0.05) is 18.2 Å². The van der Waals surface area contributed by atoms with E-state index in [1.165, 1.54) is 0 Å². The van der Waals surface area contributed by atoms with Gasteiger partial charge in [-0.3, -0.25) is 9.59 Å². The van der Waals surface area contributed by atoms with Crippen LogP contribution < -0.4 is 5.32 Å². The average Bonchev–Trinajstić information content (AvgIpc) is 2.86. The number of nitrogens with one attached hydrogen (secondary N) is 1. The second-order valence-electron chi connectivity index (χ2n) is 4.29. The summed E-state index contributed by atoms with van der Waals surface area (Å²) < 4.78 is 1.59. The van der Waals surface area contributed by atoms with Crippen LogP contribution in [0.15, 0.2) is 48.7 Å². The molecule has 0 bridgehead atoms. The second-order valence-corrected chi connectivity index (χ2v) is 4.29. The minimum atomic E-state index is -1.36. The molecule has 0 spiro atoms. The summed E-state index contributed by atoms with van der Waals surface area (Å²) in [6.45, 7) is 0. The summed E-state index contributed by atoms with van der Waals surface area (Å²) in [5, 5.41) is 11.7. The third kappa shape index (κ3) is 2.75. The topological polar surface area (TPSA) is 74.9 Å². The Morgan fingerprint density at radius 2 is 1.90 bits per heavy atom. The molecule has 0 aliphatic carbocycles. The molecule has 5 heteroatoms. The Labute approximate surface area is 116 Å². The number of para-hydroxylation sites is 1. The van der Waals surface area contributed by atoms with E-state index in [4.69, 9.17) is 5.26 Å². The number of ketones is 1. The molecule has 2 rings (SSSR count). The van der Waals surface area contributed by atoms with E-state index in [9.17, 15) is 9.59 Å². The average molecular weight is 267 g/mol. The van der Waals surface area contributed by atoms with Crippen LogP contribution >= 0.6 is 0 Å². The van der Waals surface area contributed by atoms with Crippen LogP contribution in [0.25, 0.3) is 0 Å². The van der Waals surface area contributed by atoms with Crippen molar-refractivity contribution in [1.82, 2.24) is 4.57 Å². The molecule has 1 aromatic carbocycles. The number of rotatable bonds is 4. The lowest BCUT2D eigenvalue weighted by Crippen LogP contribution is -2.29. The second kappa shape index (κ2) is 5.85. The number of hydrogen-bond donors (Lipinski definition) is 1. The van der Waals surface area contributed by atoms with Crippen LogP contribution in [0.2, 0.25) is 0 Å². The minimum Gasteiger partial charge on any atom is -0.348 e. The monoisotopic (exact) mass is 267 g/mol. The number of Topliss-reactive ketones (excluding diaryl/α,β-unsaturated/α-hetero) is 1. The van der Waals surface area contributed by atoms with E-state index in [1.54, 1.807) is 60.3 Å². The van der Waals surface area contributed by atoms with Gasteiger partial charge in [-0.05, 0) is 24.3 Å². The Kier molecular flexibility index (Phi) is 3.96. The van der Waals surface area contributed by atoms with E-state index in [0.29, 0.717) is 11.4 Å². The van der Waals surface area contributed by atoms with Crippen LogP contribution in [0.3, 0.4) is 0 Å². The largest absolute Gasteiger partial charge is 0.348 e. The molecule has 100 valence electrons. The Morgan fingerprint density at radius 3 is 2.45 bits per heavy atom. The van der Waals surface area contributed by atoms with Crippen molar-refractivity contribution in [2.45, 2.75) is 0 Å². The molecule has 0 fully saturated rings. The molecule has 5 nitrogen and oxygen atoms in total. The number of carbonyl (C=O) groups excluding carboxylic acids is 2. The first kappa shape index (κ1) is 13.6. The number of aryl methyl sites for hydroxylation is 1. The van der Waals surface area contributed by atoms with Gasteiger partial charge in [0.1, 0.15) is 0 Å². The first-order valence-electron chi connectivity index (χ1n) is 6.04. The fourth-order valence-corrected chi connectivity index (χ4v) is 1.84. The van der Waals surface area contributed by atoms with Crippen LogP contribution in [-0.4, -0.2) is 16.3 Å². The minimum absolute atomic E-state index is 0.333. The van der Waals surface area contributed by atoms with Crippen LogP contribution in [0.1, 0.15) is 10.5 Å². The number of nitriles is 1. The van der Waals surface area contributed by atoms with Gasteiger partial charge in [-0.15, -0.1) is 0 Å². The van der Waals surface area contributed by atoms with Crippen LogP contribution in [0, 0.1) is 17.2 Å². The molecule has 0 unspecified atom stereocenters. The van der Waals surface area contributed by atoms with Crippen LogP contribution in [0.5, 0.6) is 0 Å². The lowest BCUT2D eigenvalue weighted by Gasteiger charge is -2.10. The van der Waals surface area contributed by atoms with Gasteiger partial charge in [0.05, 0.1) is 11.8 Å². The predicted molar refractivity (Wildman–Crippen MR) is 73.9 cm³/mol. The quantitative estimate of drug-likeness (QED) is 0.680. The Hall–Kier alpha value is -2.87. The number of aromatic nitrogens is 1. The highest BCUT2D eigenvalue weighted by Crippen LogP contribution is 2.13. The third-order valence-corrected chi connectivity index (χ3v) is 2.89. The van der Waals surface area contributed by atoms with E-state index in [2.05, 4.69) is 5.32 Å². The molecule has 2 aromatic rings. The summed E-state index contributed by atoms with van der Waals surface area (Å²) in [6.07, 6.45) is 1.69. The number of hydrogen-bond acceptors (Lipinski definition) is 3.